The maximum Gasteiger partial charge on any atom is 0.277 e. The first-order valence-electron chi connectivity index (χ1n) is 7.66. The summed E-state index contributed by atoms with van der Waals surface area (Å²) in [6, 6.07) is 9.65. The summed E-state index contributed by atoms with van der Waals surface area (Å²) in [4.78, 5) is 4.25. The van der Waals surface area contributed by atoms with Gasteiger partial charge in [-0.15, -0.1) is 0 Å². The molecule has 0 saturated carbocycles. The van der Waals surface area contributed by atoms with Gasteiger partial charge in [0.05, 0.1) is 10.7 Å². The van der Waals surface area contributed by atoms with E-state index in [2.05, 4.69) is 9.71 Å². The largest absolute Gasteiger partial charge is 0.454 e. The van der Waals surface area contributed by atoms with Crippen LogP contribution in [0, 0.1) is 6.92 Å². The van der Waals surface area contributed by atoms with Crippen molar-refractivity contribution in [3.63, 3.8) is 0 Å². The van der Waals surface area contributed by atoms with Gasteiger partial charge in [-0.2, -0.15) is 8.42 Å². The Morgan fingerprint density at radius 2 is 2.00 bits per heavy atom. The van der Waals surface area contributed by atoms with E-state index in [9.17, 15) is 8.42 Å². The molecule has 0 saturated heterocycles. The number of pyridine rings is 1. The van der Waals surface area contributed by atoms with Crippen LogP contribution in [0.3, 0.4) is 0 Å². The van der Waals surface area contributed by atoms with Crippen LogP contribution in [0.2, 0.25) is 5.02 Å². The number of aryl methyl sites for hydroxylation is 1. The van der Waals surface area contributed by atoms with E-state index in [4.69, 9.17) is 21.1 Å². The lowest BCUT2D eigenvalue weighted by atomic mass is 10.3. The summed E-state index contributed by atoms with van der Waals surface area (Å²) in [5.41, 5.74) is 1.25. The van der Waals surface area contributed by atoms with E-state index in [1.165, 1.54) is 10.6 Å². The fraction of sp³-hybridized carbons (Fsp3) is 0.118. The molecular weight excluding hydrogens is 378 g/mol. The number of benzene rings is 1. The lowest BCUT2D eigenvalue weighted by Crippen LogP contribution is -2.17. The maximum atomic E-state index is 12.9. The first-order valence-corrected chi connectivity index (χ1v) is 9.52. The molecule has 0 atom stereocenters. The van der Waals surface area contributed by atoms with Gasteiger partial charge in [0.15, 0.2) is 22.3 Å². The average Bonchev–Trinajstić information content (AvgIpc) is 3.23. The predicted octanol–water partition coefficient (Wildman–Crippen LogP) is 3.36. The van der Waals surface area contributed by atoms with Crippen LogP contribution in [-0.2, 0) is 10.0 Å². The van der Waals surface area contributed by atoms with E-state index in [-0.39, 0.29) is 11.8 Å². The predicted molar refractivity (Wildman–Crippen MR) is 96.7 cm³/mol. The minimum atomic E-state index is -3.88. The topological polar surface area (TPSA) is 82.5 Å². The van der Waals surface area contributed by atoms with Gasteiger partial charge in [-0.3, -0.25) is 9.29 Å². The number of rotatable bonds is 4. The fourth-order valence-electron chi connectivity index (χ4n) is 2.63. The van der Waals surface area contributed by atoms with Gasteiger partial charge in [-0.05, 0) is 42.8 Å². The summed E-state index contributed by atoms with van der Waals surface area (Å²) < 4.78 is 40.2. The van der Waals surface area contributed by atoms with E-state index in [1.807, 2.05) is 6.92 Å². The van der Waals surface area contributed by atoms with Crippen molar-refractivity contribution in [1.82, 2.24) is 9.55 Å². The van der Waals surface area contributed by atoms with Crippen molar-refractivity contribution >= 4 is 27.3 Å². The van der Waals surface area contributed by atoms with E-state index in [0.717, 1.165) is 5.56 Å². The molecule has 0 bridgehead atoms. The summed E-state index contributed by atoms with van der Waals surface area (Å²) in [7, 11) is -3.88. The van der Waals surface area contributed by atoms with E-state index < -0.39 is 10.0 Å². The minimum Gasteiger partial charge on any atom is -0.454 e. The zero-order chi connectivity index (χ0) is 18.3. The summed E-state index contributed by atoms with van der Waals surface area (Å²) >= 11 is 6.24. The van der Waals surface area contributed by atoms with Crippen LogP contribution >= 0.6 is 11.6 Å². The molecule has 2 aromatic heterocycles. The highest BCUT2D eigenvalue weighted by Crippen LogP contribution is 2.35. The van der Waals surface area contributed by atoms with Gasteiger partial charge in [0, 0.05) is 18.5 Å². The molecule has 0 amide bonds. The van der Waals surface area contributed by atoms with Crippen LogP contribution in [0.1, 0.15) is 5.56 Å². The van der Waals surface area contributed by atoms with Crippen LogP contribution in [0.25, 0.3) is 5.82 Å². The van der Waals surface area contributed by atoms with E-state index in [1.54, 1.807) is 42.7 Å². The molecule has 1 N–H and O–H groups in total. The number of nitrogens with one attached hydrogen (secondary N) is 1. The number of ether oxygens (including phenoxy) is 2. The number of hydrogen-bond donors (Lipinski definition) is 1. The van der Waals surface area contributed by atoms with Gasteiger partial charge in [-0.25, -0.2) is 4.98 Å². The van der Waals surface area contributed by atoms with Crippen LogP contribution in [0.4, 0.5) is 5.69 Å². The molecular formula is C17H14ClN3O4S. The van der Waals surface area contributed by atoms with Crippen molar-refractivity contribution < 1.29 is 17.9 Å². The Kier molecular flexibility index (Phi) is 4.01. The zero-order valence-corrected chi connectivity index (χ0v) is 15.2. The van der Waals surface area contributed by atoms with Crippen LogP contribution < -0.4 is 14.2 Å². The molecule has 9 heteroatoms. The molecule has 1 aromatic carbocycles. The normalized spacial score (nSPS) is 13.0. The van der Waals surface area contributed by atoms with Crippen molar-refractivity contribution in [3.8, 4) is 17.3 Å². The lowest BCUT2D eigenvalue weighted by molar-refractivity contribution is 0.174. The molecule has 7 nitrogen and oxygen atoms in total. The van der Waals surface area contributed by atoms with Crippen molar-refractivity contribution in [1.29, 1.82) is 0 Å². The molecule has 0 spiro atoms. The van der Waals surface area contributed by atoms with Crippen molar-refractivity contribution in [2.24, 2.45) is 0 Å². The molecule has 0 fully saturated rings. The summed E-state index contributed by atoms with van der Waals surface area (Å²) in [6.45, 7) is 1.98. The second-order valence-electron chi connectivity index (χ2n) is 5.71. The van der Waals surface area contributed by atoms with Crippen molar-refractivity contribution in [2.75, 3.05) is 11.5 Å². The Balaban J connectivity index is 1.70. The molecule has 0 unspecified atom stereocenters. The summed E-state index contributed by atoms with van der Waals surface area (Å²) in [6.07, 6.45) is 3.22. The average molecular weight is 392 g/mol. The highest BCUT2D eigenvalue weighted by molar-refractivity contribution is 7.92. The Hall–Kier alpha value is -2.71. The standard InChI is InChI=1S/C17H14ClN3O4S/c1-11-7-13(18)17(19-9-11)21-6-2-3-16(21)26(22,23)20-12-4-5-14-15(8-12)25-10-24-14/h2-9,20H,10H2,1H3. The number of hydrogen-bond acceptors (Lipinski definition) is 5. The van der Waals surface area contributed by atoms with Crippen molar-refractivity contribution in [2.45, 2.75) is 11.9 Å². The lowest BCUT2D eigenvalue weighted by Gasteiger charge is -2.13. The van der Waals surface area contributed by atoms with Gasteiger partial charge in [0.1, 0.15) is 0 Å². The van der Waals surface area contributed by atoms with Crippen LogP contribution in [0.5, 0.6) is 11.5 Å². The molecule has 0 radical (unpaired) electrons. The third kappa shape index (κ3) is 2.97. The Morgan fingerprint density at radius 3 is 2.81 bits per heavy atom. The molecule has 3 heterocycles. The van der Waals surface area contributed by atoms with Gasteiger partial charge in [0.2, 0.25) is 6.79 Å². The van der Waals surface area contributed by atoms with Crippen molar-refractivity contribution in [3.05, 3.63) is 59.4 Å². The number of aromatic nitrogens is 2. The van der Waals surface area contributed by atoms with Crippen LogP contribution in [0.15, 0.2) is 53.8 Å². The Morgan fingerprint density at radius 1 is 1.19 bits per heavy atom. The number of sulfonamides is 1. The molecule has 1 aliphatic heterocycles. The molecule has 4 rings (SSSR count). The quantitative estimate of drug-likeness (QED) is 0.737. The summed E-state index contributed by atoms with van der Waals surface area (Å²) in [5, 5.41) is 0.383. The van der Waals surface area contributed by atoms with Crippen LogP contribution in [-0.4, -0.2) is 24.8 Å². The highest BCUT2D eigenvalue weighted by Gasteiger charge is 2.22. The van der Waals surface area contributed by atoms with Gasteiger partial charge in [-0.1, -0.05) is 11.6 Å². The minimum absolute atomic E-state index is 0.0217. The fourth-order valence-corrected chi connectivity index (χ4v) is 4.15. The number of anilines is 1. The highest BCUT2D eigenvalue weighted by atomic mass is 35.5. The zero-order valence-electron chi connectivity index (χ0n) is 13.6. The first kappa shape index (κ1) is 16.7. The smallest absolute Gasteiger partial charge is 0.277 e. The number of nitrogens with zero attached hydrogens (tertiary/aromatic N) is 2. The third-order valence-electron chi connectivity index (χ3n) is 3.80. The van der Waals surface area contributed by atoms with Gasteiger partial charge in [0.25, 0.3) is 10.0 Å². The molecule has 134 valence electrons. The maximum absolute atomic E-state index is 12.9. The van der Waals surface area contributed by atoms with E-state index in [0.29, 0.717) is 28.0 Å². The second-order valence-corrected chi connectivity index (χ2v) is 7.74. The Labute approximate surface area is 155 Å². The monoisotopic (exact) mass is 391 g/mol. The molecule has 3 aromatic rings. The second kappa shape index (κ2) is 6.22. The molecule has 1 aliphatic rings. The molecule has 0 aliphatic carbocycles. The number of halogens is 1. The molecule has 26 heavy (non-hydrogen) atoms. The Bertz CT molecular complexity index is 1100. The summed E-state index contributed by atoms with van der Waals surface area (Å²) in [5.74, 6) is 1.41. The van der Waals surface area contributed by atoms with Gasteiger partial charge < -0.3 is 9.47 Å². The van der Waals surface area contributed by atoms with E-state index >= 15 is 0 Å². The van der Waals surface area contributed by atoms with Gasteiger partial charge >= 0.3 is 0 Å². The first-order chi connectivity index (χ1) is 12.4. The third-order valence-corrected chi connectivity index (χ3v) is 5.46. The number of fused-ring (bicyclic) bond motifs is 1. The SMILES string of the molecule is Cc1cnc(-n2cccc2S(=O)(=O)Nc2ccc3c(c2)OCO3)c(Cl)c1.